The van der Waals surface area contributed by atoms with E-state index in [1.54, 1.807) is 19.2 Å². The second-order valence-electron chi connectivity index (χ2n) is 6.95. The van der Waals surface area contributed by atoms with Crippen LogP contribution < -0.4 is 20.7 Å². The highest BCUT2D eigenvalue weighted by atomic mass is 16.5. The second kappa shape index (κ2) is 9.82. The van der Waals surface area contributed by atoms with Crippen LogP contribution in [-0.4, -0.2) is 38.6 Å². The molecule has 0 spiro atoms. The molecule has 7 nitrogen and oxygen atoms in total. The first-order valence-electron chi connectivity index (χ1n) is 9.64. The molecule has 1 fully saturated rings. The summed E-state index contributed by atoms with van der Waals surface area (Å²) in [5, 5.41) is 9.27. The van der Waals surface area contributed by atoms with Crippen LogP contribution in [0.3, 0.4) is 0 Å². The molecule has 1 aromatic carbocycles. The van der Waals surface area contributed by atoms with Crippen LogP contribution in [0.2, 0.25) is 0 Å². The molecular weight excluding hydrogens is 356 g/mol. The van der Waals surface area contributed by atoms with Crippen LogP contribution in [0.15, 0.2) is 46.0 Å². The van der Waals surface area contributed by atoms with E-state index in [4.69, 9.17) is 9.15 Å². The molecule has 3 N–H and O–H groups in total. The minimum atomic E-state index is -0.230. The monoisotopic (exact) mass is 384 g/mol. The molecule has 1 saturated carbocycles. The maximum atomic E-state index is 11.8. The van der Waals surface area contributed by atoms with Crippen LogP contribution >= 0.6 is 0 Å². The summed E-state index contributed by atoms with van der Waals surface area (Å²) in [5.41, 5.74) is 2.28. The first kappa shape index (κ1) is 19.8. The summed E-state index contributed by atoms with van der Waals surface area (Å²) in [4.78, 5) is 16.0. The summed E-state index contributed by atoms with van der Waals surface area (Å²) >= 11 is 0. The highest BCUT2D eigenvalue weighted by Gasteiger charge is 2.22. The molecule has 1 aliphatic carbocycles. The number of carbonyl (C=O) groups is 1. The van der Waals surface area contributed by atoms with Crippen LogP contribution in [0.5, 0.6) is 5.75 Å². The number of amides is 1. The smallest absolute Gasteiger partial charge is 0.287 e. The van der Waals surface area contributed by atoms with Gasteiger partial charge in [0.15, 0.2) is 11.7 Å². The lowest BCUT2D eigenvalue weighted by atomic mass is 10.1. The van der Waals surface area contributed by atoms with Gasteiger partial charge in [-0.1, -0.05) is 12.1 Å². The standard InChI is InChI=1S/C21H28N4O3/c1-15-5-8-17(19(12-15)28-14-16-6-7-16)13-25-21(22-2)24-10-9-23-20(26)18-4-3-11-27-18/h3-5,8,11-12,16H,6-7,9-10,13-14H2,1-2H3,(H,23,26)(H2,22,24,25). The number of rotatable bonds is 9. The lowest BCUT2D eigenvalue weighted by Crippen LogP contribution is -2.41. The number of benzene rings is 1. The number of hydrogen-bond acceptors (Lipinski definition) is 4. The maximum absolute atomic E-state index is 11.8. The Balaban J connectivity index is 1.42. The van der Waals surface area contributed by atoms with E-state index in [2.05, 4.69) is 46.1 Å². The van der Waals surface area contributed by atoms with Crippen molar-refractivity contribution in [3.63, 3.8) is 0 Å². The van der Waals surface area contributed by atoms with Gasteiger partial charge in [0.05, 0.1) is 12.9 Å². The Labute approximate surface area is 165 Å². The van der Waals surface area contributed by atoms with Crippen molar-refractivity contribution in [2.24, 2.45) is 10.9 Å². The van der Waals surface area contributed by atoms with Gasteiger partial charge in [0, 0.05) is 32.2 Å². The Bertz CT molecular complexity index is 798. The average Bonchev–Trinajstić information content (AvgIpc) is 3.37. The molecule has 0 radical (unpaired) electrons. The third-order valence-electron chi connectivity index (χ3n) is 4.51. The van der Waals surface area contributed by atoms with Crippen LogP contribution in [0.1, 0.15) is 34.5 Å². The quantitative estimate of drug-likeness (QED) is 0.351. The van der Waals surface area contributed by atoms with E-state index in [1.807, 2.05) is 0 Å². The van der Waals surface area contributed by atoms with Crippen LogP contribution in [-0.2, 0) is 6.54 Å². The Morgan fingerprint density at radius 2 is 2.04 bits per heavy atom. The molecule has 150 valence electrons. The lowest BCUT2D eigenvalue weighted by Gasteiger charge is -2.15. The zero-order valence-electron chi connectivity index (χ0n) is 16.5. The van der Waals surface area contributed by atoms with Gasteiger partial charge in [-0.05, 0) is 49.4 Å². The average molecular weight is 384 g/mol. The number of carbonyl (C=O) groups excluding carboxylic acids is 1. The van der Waals surface area contributed by atoms with E-state index in [-0.39, 0.29) is 5.91 Å². The third-order valence-corrected chi connectivity index (χ3v) is 4.51. The van der Waals surface area contributed by atoms with Crippen molar-refractivity contribution in [3.05, 3.63) is 53.5 Å². The Morgan fingerprint density at radius 3 is 2.75 bits per heavy atom. The van der Waals surface area contributed by atoms with Crippen molar-refractivity contribution in [3.8, 4) is 5.75 Å². The minimum Gasteiger partial charge on any atom is -0.493 e. The van der Waals surface area contributed by atoms with Gasteiger partial charge in [-0.3, -0.25) is 9.79 Å². The number of guanidine groups is 1. The summed E-state index contributed by atoms with van der Waals surface area (Å²) in [6.07, 6.45) is 4.02. The SMILES string of the molecule is CN=C(NCCNC(=O)c1ccco1)NCc1ccc(C)cc1OCC1CC1. The van der Waals surface area contributed by atoms with Crippen molar-refractivity contribution < 1.29 is 13.9 Å². The lowest BCUT2D eigenvalue weighted by molar-refractivity contribution is 0.0926. The first-order valence-corrected chi connectivity index (χ1v) is 9.64. The van der Waals surface area contributed by atoms with E-state index in [0.717, 1.165) is 17.9 Å². The number of aryl methyl sites for hydroxylation is 1. The fraction of sp³-hybridized carbons (Fsp3) is 0.429. The number of hydrogen-bond donors (Lipinski definition) is 3. The van der Waals surface area contributed by atoms with E-state index in [1.165, 1.54) is 24.7 Å². The van der Waals surface area contributed by atoms with Gasteiger partial charge in [0.2, 0.25) is 0 Å². The van der Waals surface area contributed by atoms with Crippen LogP contribution in [0, 0.1) is 12.8 Å². The zero-order chi connectivity index (χ0) is 19.8. The Hall–Kier alpha value is -2.96. The highest BCUT2D eigenvalue weighted by molar-refractivity contribution is 5.91. The maximum Gasteiger partial charge on any atom is 0.287 e. The molecule has 0 bridgehead atoms. The molecule has 2 aromatic rings. The van der Waals surface area contributed by atoms with Gasteiger partial charge >= 0.3 is 0 Å². The molecule has 0 atom stereocenters. The van der Waals surface area contributed by atoms with E-state index >= 15 is 0 Å². The van der Waals surface area contributed by atoms with E-state index in [0.29, 0.717) is 37.3 Å². The molecule has 1 aromatic heterocycles. The molecule has 0 saturated heterocycles. The van der Waals surface area contributed by atoms with Crippen LogP contribution in [0.4, 0.5) is 0 Å². The van der Waals surface area contributed by atoms with Gasteiger partial charge in [-0.15, -0.1) is 0 Å². The van der Waals surface area contributed by atoms with Gasteiger partial charge in [-0.2, -0.15) is 0 Å². The fourth-order valence-electron chi connectivity index (χ4n) is 2.69. The summed E-state index contributed by atoms with van der Waals surface area (Å²) in [7, 11) is 1.72. The van der Waals surface area contributed by atoms with E-state index in [9.17, 15) is 4.79 Å². The third kappa shape index (κ3) is 6.04. The van der Waals surface area contributed by atoms with Crippen molar-refractivity contribution in [1.29, 1.82) is 0 Å². The molecular formula is C21H28N4O3. The van der Waals surface area contributed by atoms with Crippen molar-refractivity contribution in [2.45, 2.75) is 26.3 Å². The van der Waals surface area contributed by atoms with Crippen molar-refractivity contribution >= 4 is 11.9 Å². The molecule has 7 heteroatoms. The zero-order valence-corrected chi connectivity index (χ0v) is 16.5. The van der Waals surface area contributed by atoms with E-state index < -0.39 is 0 Å². The molecule has 28 heavy (non-hydrogen) atoms. The summed E-state index contributed by atoms with van der Waals surface area (Å²) in [5.74, 6) is 2.39. The number of ether oxygens (including phenoxy) is 1. The first-order chi connectivity index (χ1) is 13.7. The molecule has 1 amide bonds. The minimum absolute atomic E-state index is 0.230. The summed E-state index contributed by atoms with van der Waals surface area (Å²) in [6, 6.07) is 9.57. The van der Waals surface area contributed by atoms with Gasteiger partial charge in [0.1, 0.15) is 5.75 Å². The summed E-state index contributed by atoms with van der Waals surface area (Å²) < 4.78 is 11.1. The number of nitrogens with zero attached hydrogens (tertiary/aromatic N) is 1. The topological polar surface area (TPSA) is 87.9 Å². The largest absolute Gasteiger partial charge is 0.493 e. The normalized spacial score (nSPS) is 13.9. The molecule has 3 rings (SSSR count). The van der Waals surface area contributed by atoms with Gasteiger partial charge < -0.3 is 25.1 Å². The Kier molecular flexibility index (Phi) is 6.94. The fourth-order valence-corrected chi connectivity index (χ4v) is 2.69. The molecule has 0 unspecified atom stereocenters. The molecule has 1 aliphatic rings. The highest BCUT2D eigenvalue weighted by Crippen LogP contribution is 2.30. The predicted molar refractivity (Wildman–Crippen MR) is 109 cm³/mol. The predicted octanol–water partition coefficient (Wildman–Crippen LogP) is 2.47. The molecule has 0 aliphatic heterocycles. The Morgan fingerprint density at radius 1 is 1.21 bits per heavy atom. The van der Waals surface area contributed by atoms with Crippen LogP contribution in [0.25, 0.3) is 0 Å². The van der Waals surface area contributed by atoms with Gasteiger partial charge in [0.25, 0.3) is 5.91 Å². The number of furan rings is 1. The number of aliphatic imine (C=N–C) groups is 1. The van der Waals surface area contributed by atoms with Crippen molar-refractivity contribution in [2.75, 3.05) is 26.7 Å². The van der Waals surface area contributed by atoms with Crippen molar-refractivity contribution in [1.82, 2.24) is 16.0 Å². The molecule has 1 heterocycles. The summed E-state index contributed by atoms with van der Waals surface area (Å²) in [6.45, 7) is 4.47. The number of nitrogens with one attached hydrogen (secondary N) is 3. The second-order valence-corrected chi connectivity index (χ2v) is 6.95. The van der Waals surface area contributed by atoms with Gasteiger partial charge in [-0.25, -0.2) is 0 Å².